The molecule has 114 valence electrons. The van der Waals surface area contributed by atoms with Crippen molar-refractivity contribution >= 4 is 27.3 Å². The molecule has 3 N–H and O–H groups in total. The van der Waals surface area contributed by atoms with Gasteiger partial charge >= 0.3 is 0 Å². The fourth-order valence-corrected chi connectivity index (χ4v) is 3.19. The average molecular weight is 329 g/mol. The van der Waals surface area contributed by atoms with Gasteiger partial charge in [-0.1, -0.05) is 11.6 Å². The molecular weight excluding hydrogens is 312 g/mol. The SMILES string of the molecule is Cc1cc(S(=O)(=O)NCCc2cnn(C)c2)cc(N)c1Cl. The van der Waals surface area contributed by atoms with E-state index in [1.807, 2.05) is 13.2 Å². The molecule has 2 aromatic rings. The number of sulfonamides is 1. The van der Waals surface area contributed by atoms with Crippen molar-refractivity contribution < 1.29 is 8.42 Å². The lowest BCUT2D eigenvalue weighted by Crippen LogP contribution is -2.26. The van der Waals surface area contributed by atoms with Gasteiger partial charge in [0.2, 0.25) is 10.0 Å². The van der Waals surface area contributed by atoms with E-state index >= 15 is 0 Å². The number of rotatable bonds is 5. The van der Waals surface area contributed by atoms with Gasteiger partial charge in [0.1, 0.15) is 0 Å². The Hall–Kier alpha value is -1.57. The van der Waals surface area contributed by atoms with Crippen LogP contribution in [0.5, 0.6) is 0 Å². The molecule has 0 atom stereocenters. The molecule has 0 saturated heterocycles. The van der Waals surface area contributed by atoms with Crippen molar-refractivity contribution in [1.29, 1.82) is 0 Å². The monoisotopic (exact) mass is 328 g/mol. The van der Waals surface area contributed by atoms with Crippen molar-refractivity contribution in [2.24, 2.45) is 7.05 Å². The lowest BCUT2D eigenvalue weighted by atomic mass is 10.2. The maximum Gasteiger partial charge on any atom is 0.240 e. The number of nitrogens with two attached hydrogens (primary N) is 1. The van der Waals surface area contributed by atoms with Crippen LogP contribution in [0.2, 0.25) is 5.02 Å². The van der Waals surface area contributed by atoms with Crippen molar-refractivity contribution in [3.05, 3.63) is 40.7 Å². The van der Waals surface area contributed by atoms with E-state index in [9.17, 15) is 8.42 Å². The third-order valence-corrected chi connectivity index (χ3v) is 4.99. The maximum atomic E-state index is 12.2. The average Bonchev–Trinajstić information content (AvgIpc) is 2.81. The molecule has 21 heavy (non-hydrogen) atoms. The molecule has 0 bridgehead atoms. The summed E-state index contributed by atoms with van der Waals surface area (Å²) in [6, 6.07) is 2.87. The number of aryl methyl sites for hydroxylation is 2. The van der Waals surface area contributed by atoms with Crippen LogP contribution in [-0.2, 0) is 23.5 Å². The van der Waals surface area contributed by atoms with Gasteiger partial charge in [-0.3, -0.25) is 4.68 Å². The van der Waals surface area contributed by atoms with E-state index in [1.54, 1.807) is 17.8 Å². The molecule has 1 aromatic heterocycles. The normalized spacial score (nSPS) is 11.8. The number of nitrogen functional groups attached to an aromatic ring is 1. The second-order valence-corrected chi connectivity index (χ2v) is 6.96. The molecule has 6 nitrogen and oxygen atoms in total. The Labute approximate surface area is 129 Å². The van der Waals surface area contributed by atoms with Crippen LogP contribution in [0.1, 0.15) is 11.1 Å². The molecule has 1 heterocycles. The van der Waals surface area contributed by atoms with Crippen molar-refractivity contribution in [3.63, 3.8) is 0 Å². The zero-order valence-electron chi connectivity index (χ0n) is 11.8. The molecule has 0 aliphatic heterocycles. The van der Waals surface area contributed by atoms with Crippen LogP contribution < -0.4 is 10.5 Å². The number of nitrogens with zero attached hydrogens (tertiary/aromatic N) is 2. The first-order valence-electron chi connectivity index (χ1n) is 6.32. The van der Waals surface area contributed by atoms with Gasteiger partial charge in [0.25, 0.3) is 0 Å². The molecule has 0 amide bonds. The Morgan fingerprint density at radius 2 is 2.14 bits per heavy atom. The second kappa shape index (κ2) is 6.05. The van der Waals surface area contributed by atoms with E-state index in [1.165, 1.54) is 12.1 Å². The highest BCUT2D eigenvalue weighted by atomic mass is 35.5. The van der Waals surface area contributed by atoms with E-state index in [4.69, 9.17) is 17.3 Å². The summed E-state index contributed by atoms with van der Waals surface area (Å²) >= 11 is 5.94. The van der Waals surface area contributed by atoms with Crippen LogP contribution in [0, 0.1) is 6.92 Å². The summed E-state index contributed by atoms with van der Waals surface area (Å²) in [6.07, 6.45) is 4.12. The topological polar surface area (TPSA) is 90.0 Å². The van der Waals surface area contributed by atoms with Crippen molar-refractivity contribution in [2.45, 2.75) is 18.2 Å². The molecule has 0 radical (unpaired) electrons. The zero-order valence-corrected chi connectivity index (χ0v) is 13.4. The lowest BCUT2D eigenvalue weighted by Gasteiger charge is -2.09. The molecule has 0 saturated carbocycles. The van der Waals surface area contributed by atoms with Crippen LogP contribution in [0.3, 0.4) is 0 Å². The van der Waals surface area contributed by atoms with Crippen LogP contribution in [-0.4, -0.2) is 24.7 Å². The fraction of sp³-hybridized carbons (Fsp3) is 0.308. The van der Waals surface area contributed by atoms with Crippen molar-refractivity contribution in [1.82, 2.24) is 14.5 Å². The van der Waals surface area contributed by atoms with Crippen molar-refractivity contribution in [2.75, 3.05) is 12.3 Å². The lowest BCUT2D eigenvalue weighted by molar-refractivity contribution is 0.581. The van der Waals surface area contributed by atoms with Gasteiger partial charge in [-0.25, -0.2) is 13.1 Å². The minimum atomic E-state index is -3.60. The van der Waals surface area contributed by atoms with E-state index < -0.39 is 10.0 Å². The summed E-state index contributed by atoms with van der Waals surface area (Å²) in [4.78, 5) is 0.119. The molecule has 0 unspecified atom stereocenters. The summed E-state index contributed by atoms with van der Waals surface area (Å²) in [5.41, 5.74) is 7.55. The molecule has 0 fully saturated rings. The minimum Gasteiger partial charge on any atom is -0.397 e. The van der Waals surface area contributed by atoms with E-state index in [0.29, 0.717) is 17.0 Å². The third-order valence-electron chi connectivity index (χ3n) is 3.03. The van der Waals surface area contributed by atoms with Gasteiger partial charge in [-0.15, -0.1) is 0 Å². The third kappa shape index (κ3) is 3.75. The highest BCUT2D eigenvalue weighted by molar-refractivity contribution is 7.89. The molecule has 2 rings (SSSR count). The summed E-state index contributed by atoms with van der Waals surface area (Å²) in [5, 5.41) is 4.41. The Morgan fingerprint density at radius 3 is 2.71 bits per heavy atom. The minimum absolute atomic E-state index is 0.119. The largest absolute Gasteiger partial charge is 0.397 e. The predicted octanol–water partition coefficient (Wildman–Crippen LogP) is 1.49. The first-order chi connectivity index (χ1) is 9.79. The number of hydrogen-bond donors (Lipinski definition) is 2. The van der Waals surface area contributed by atoms with Crippen LogP contribution in [0.4, 0.5) is 5.69 Å². The first kappa shape index (κ1) is 15.8. The number of aromatic nitrogens is 2. The molecule has 0 aliphatic carbocycles. The highest BCUT2D eigenvalue weighted by Crippen LogP contribution is 2.26. The van der Waals surface area contributed by atoms with E-state index in [0.717, 1.165) is 5.56 Å². The summed E-state index contributed by atoms with van der Waals surface area (Å²) < 4.78 is 28.6. The smallest absolute Gasteiger partial charge is 0.240 e. The van der Waals surface area contributed by atoms with Crippen LogP contribution >= 0.6 is 11.6 Å². The quantitative estimate of drug-likeness (QED) is 0.814. The second-order valence-electron chi connectivity index (χ2n) is 4.81. The predicted molar refractivity (Wildman–Crippen MR) is 82.7 cm³/mol. The molecule has 0 aliphatic rings. The number of hydrogen-bond acceptors (Lipinski definition) is 4. The molecular formula is C13H17ClN4O2S. The summed E-state index contributed by atoms with van der Waals surface area (Å²) in [6.45, 7) is 2.00. The standard InChI is InChI=1S/C13H17ClN4O2S/c1-9-5-11(6-12(15)13(9)14)21(19,20)17-4-3-10-7-16-18(2)8-10/h5-8,17H,3-4,15H2,1-2H3. The number of benzene rings is 1. The number of anilines is 1. The fourth-order valence-electron chi connectivity index (χ4n) is 1.93. The number of halogens is 1. The van der Waals surface area contributed by atoms with Gasteiger partial charge in [-0.05, 0) is 36.6 Å². The van der Waals surface area contributed by atoms with Crippen molar-refractivity contribution in [3.8, 4) is 0 Å². The van der Waals surface area contributed by atoms with E-state index in [2.05, 4.69) is 9.82 Å². The van der Waals surface area contributed by atoms with Gasteiger partial charge < -0.3 is 5.73 Å². The zero-order chi connectivity index (χ0) is 15.6. The van der Waals surface area contributed by atoms with E-state index in [-0.39, 0.29) is 17.1 Å². The summed E-state index contributed by atoms with van der Waals surface area (Å²) in [7, 11) is -1.79. The number of nitrogens with one attached hydrogen (secondary N) is 1. The van der Waals surface area contributed by atoms with Gasteiger partial charge in [0.05, 0.1) is 21.8 Å². The van der Waals surface area contributed by atoms with Crippen LogP contribution in [0.15, 0.2) is 29.4 Å². The van der Waals surface area contributed by atoms with Crippen LogP contribution in [0.25, 0.3) is 0 Å². The Balaban J connectivity index is 2.08. The molecule has 1 aromatic carbocycles. The Morgan fingerprint density at radius 1 is 1.43 bits per heavy atom. The first-order valence-corrected chi connectivity index (χ1v) is 8.18. The molecule has 0 spiro atoms. The van der Waals surface area contributed by atoms with Gasteiger partial charge in [-0.2, -0.15) is 5.10 Å². The molecule has 8 heteroatoms. The Kier molecular flexibility index (Phi) is 4.55. The van der Waals surface area contributed by atoms with Gasteiger partial charge in [0.15, 0.2) is 0 Å². The highest BCUT2D eigenvalue weighted by Gasteiger charge is 2.16. The summed E-state index contributed by atoms with van der Waals surface area (Å²) in [5.74, 6) is 0. The maximum absolute atomic E-state index is 12.2. The van der Waals surface area contributed by atoms with Gasteiger partial charge in [0, 0.05) is 19.8 Å². The Bertz CT molecular complexity index is 732.